The molecule has 0 unspecified atom stereocenters. The fraction of sp³-hybridized carbons (Fsp3) is 0. The van der Waals surface area contributed by atoms with Crippen molar-refractivity contribution in [2.75, 3.05) is 0 Å². The predicted molar refractivity (Wildman–Crippen MR) is 63.5 cm³/mol. The first-order chi connectivity index (χ1) is 9.20. The molecular weight excluding hydrogens is 250 g/mol. The number of benzene rings is 1. The van der Waals surface area contributed by atoms with Gasteiger partial charge < -0.3 is 0 Å². The number of hydrogen-bond acceptors (Lipinski definition) is 3. The van der Waals surface area contributed by atoms with Gasteiger partial charge in [0.05, 0.1) is 5.56 Å². The third kappa shape index (κ3) is 1.72. The fourth-order valence-corrected chi connectivity index (χ4v) is 1.85. The summed E-state index contributed by atoms with van der Waals surface area (Å²) >= 11 is 0. The number of fused-ring (bicyclic) bond motifs is 1. The highest BCUT2D eigenvalue weighted by atomic mass is 19.1. The molecule has 0 spiro atoms. The van der Waals surface area contributed by atoms with E-state index in [9.17, 15) is 8.78 Å². The van der Waals surface area contributed by atoms with E-state index < -0.39 is 11.6 Å². The first-order valence-corrected chi connectivity index (χ1v) is 5.38. The van der Waals surface area contributed by atoms with Gasteiger partial charge in [0.1, 0.15) is 35.2 Å². The Morgan fingerprint density at radius 2 is 1.89 bits per heavy atom. The number of halogens is 2. The van der Waals surface area contributed by atoms with Crippen molar-refractivity contribution in [2.24, 2.45) is 0 Å². The summed E-state index contributed by atoms with van der Waals surface area (Å²) in [6, 6.07) is 7.05. The zero-order valence-electron chi connectivity index (χ0n) is 9.51. The number of imidazole rings is 1. The Hall–Kier alpha value is -2.81. The van der Waals surface area contributed by atoms with Gasteiger partial charge in [-0.2, -0.15) is 5.26 Å². The monoisotopic (exact) mass is 256 g/mol. The lowest BCUT2D eigenvalue weighted by Gasteiger charge is -2.06. The van der Waals surface area contributed by atoms with Crippen molar-refractivity contribution in [1.82, 2.24) is 14.5 Å². The van der Waals surface area contributed by atoms with Crippen LogP contribution in [0.3, 0.4) is 0 Å². The van der Waals surface area contributed by atoms with Crippen LogP contribution in [0.5, 0.6) is 0 Å². The second-order valence-corrected chi connectivity index (χ2v) is 3.86. The van der Waals surface area contributed by atoms with E-state index in [-0.39, 0.29) is 5.69 Å². The van der Waals surface area contributed by atoms with E-state index in [1.807, 2.05) is 6.07 Å². The van der Waals surface area contributed by atoms with Crippen molar-refractivity contribution in [3.05, 3.63) is 54.0 Å². The molecule has 0 aliphatic rings. The molecule has 3 rings (SSSR count). The summed E-state index contributed by atoms with van der Waals surface area (Å²) in [5, 5.41) is 8.76. The van der Waals surface area contributed by atoms with Crippen LogP contribution in [-0.2, 0) is 0 Å². The minimum atomic E-state index is -0.703. The lowest BCUT2D eigenvalue weighted by Crippen LogP contribution is -2.01. The van der Waals surface area contributed by atoms with Gasteiger partial charge >= 0.3 is 0 Å². The molecule has 0 fully saturated rings. The number of hydrogen-bond donors (Lipinski definition) is 0. The van der Waals surface area contributed by atoms with Crippen molar-refractivity contribution < 1.29 is 8.78 Å². The summed E-state index contributed by atoms with van der Waals surface area (Å²) in [4.78, 5) is 8.02. The molecule has 6 heteroatoms. The minimum absolute atomic E-state index is 0.234. The van der Waals surface area contributed by atoms with Crippen molar-refractivity contribution in [1.29, 1.82) is 5.26 Å². The van der Waals surface area contributed by atoms with Gasteiger partial charge in [-0.1, -0.05) is 6.07 Å². The van der Waals surface area contributed by atoms with Gasteiger partial charge in [0.15, 0.2) is 5.65 Å². The summed E-state index contributed by atoms with van der Waals surface area (Å²) < 4.78 is 28.7. The molecule has 0 aliphatic carbocycles. The van der Waals surface area contributed by atoms with Gasteiger partial charge in [-0.15, -0.1) is 0 Å². The first-order valence-electron chi connectivity index (χ1n) is 5.38. The van der Waals surface area contributed by atoms with Crippen LogP contribution < -0.4 is 0 Å². The molecule has 0 N–H and O–H groups in total. The minimum Gasteiger partial charge on any atom is -0.278 e. The van der Waals surface area contributed by atoms with Gasteiger partial charge in [0, 0.05) is 6.20 Å². The summed E-state index contributed by atoms with van der Waals surface area (Å²) in [6.07, 6.45) is 2.61. The van der Waals surface area contributed by atoms with Crippen LogP contribution >= 0.6 is 0 Å². The second kappa shape index (κ2) is 4.14. The molecule has 19 heavy (non-hydrogen) atoms. The number of nitriles is 1. The zero-order chi connectivity index (χ0) is 13.4. The highest BCUT2D eigenvalue weighted by Gasteiger charge is 2.14. The van der Waals surface area contributed by atoms with Gasteiger partial charge in [-0.25, -0.2) is 18.7 Å². The number of nitrogens with zero attached hydrogens (tertiary/aromatic N) is 4. The van der Waals surface area contributed by atoms with Gasteiger partial charge in [0.2, 0.25) is 0 Å². The highest BCUT2D eigenvalue weighted by Crippen LogP contribution is 2.21. The van der Waals surface area contributed by atoms with Gasteiger partial charge in [0.25, 0.3) is 0 Å². The Morgan fingerprint density at radius 1 is 1.16 bits per heavy atom. The molecular formula is C13H6F2N4. The summed E-state index contributed by atoms with van der Waals surface area (Å²) in [6.45, 7) is 0. The van der Waals surface area contributed by atoms with E-state index in [0.29, 0.717) is 16.7 Å². The average molecular weight is 256 g/mol. The molecule has 0 saturated heterocycles. The van der Waals surface area contributed by atoms with Gasteiger partial charge in [-0.05, 0) is 18.2 Å². The van der Waals surface area contributed by atoms with Crippen LogP contribution in [0.4, 0.5) is 8.78 Å². The third-order valence-corrected chi connectivity index (χ3v) is 2.70. The predicted octanol–water partition coefficient (Wildman–Crippen LogP) is 2.57. The van der Waals surface area contributed by atoms with Crippen LogP contribution in [0.15, 0.2) is 36.8 Å². The molecule has 0 amide bonds. The quantitative estimate of drug-likeness (QED) is 0.672. The molecule has 1 aromatic carbocycles. The molecule has 0 radical (unpaired) electrons. The van der Waals surface area contributed by atoms with Crippen LogP contribution in [0.2, 0.25) is 0 Å². The third-order valence-electron chi connectivity index (χ3n) is 2.70. The topological polar surface area (TPSA) is 54.5 Å². The summed E-state index contributed by atoms with van der Waals surface area (Å²) in [5.74, 6) is -1.41. The van der Waals surface area contributed by atoms with E-state index in [4.69, 9.17) is 5.26 Å². The molecule has 0 atom stereocenters. The molecule has 0 saturated carbocycles. The molecule has 4 nitrogen and oxygen atoms in total. The van der Waals surface area contributed by atoms with Crippen molar-refractivity contribution in [3.63, 3.8) is 0 Å². The Labute approximate surface area is 106 Å². The van der Waals surface area contributed by atoms with E-state index in [1.54, 1.807) is 0 Å². The maximum atomic E-state index is 13.7. The smallest absolute Gasteiger partial charge is 0.164 e. The number of aromatic nitrogens is 3. The van der Waals surface area contributed by atoms with Crippen molar-refractivity contribution in [3.8, 4) is 11.8 Å². The zero-order valence-corrected chi connectivity index (χ0v) is 9.51. The van der Waals surface area contributed by atoms with E-state index in [1.165, 1.54) is 29.2 Å². The van der Waals surface area contributed by atoms with Crippen molar-refractivity contribution >= 4 is 11.2 Å². The van der Waals surface area contributed by atoms with Crippen molar-refractivity contribution in [2.45, 2.75) is 0 Å². The van der Waals surface area contributed by atoms with Crippen LogP contribution in [-0.4, -0.2) is 14.5 Å². The van der Waals surface area contributed by atoms with Crippen LogP contribution in [0, 0.1) is 23.0 Å². The molecule has 2 heterocycles. The SMILES string of the molecule is N#Cc1cnc2c(c1)ncn2-c1c(F)cccc1F. The molecule has 3 aromatic rings. The lowest BCUT2D eigenvalue weighted by molar-refractivity contribution is 0.570. The number of pyridine rings is 1. The van der Waals surface area contributed by atoms with E-state index >= 15 is 0 Å². The second-order valence-electron chi connectivity index (χ2n) is 3.86. The van der Waals surface area contributed by atoms with E-state index in [0.717, 1.165) is 12.1 Å². The number of rotatable bonds is 1. The highest BCUT2D eigenvalue weighted by molar-refractivity contribution is 5.74. The Balaban J connectivity index is 2.30. The van der Waals surface area contributed by atoms with Crippen LogP contribution in [0.1, 0.15) is 5.56 Å². The Kier molecular flexibility index (Phi) is 2.46. The maximum absolute atomic E-state index is 13.7. The molecule has 92 valence electrons. The average Bonchev–Trinajstić information content (AvgIpc) is 2.81. The molecule has 0 bridgehead atoms. The standard InChI is InChI=1S/C13H6F2N4/c14-9-2-1-3-10(15)12(9)19-7-18-11-4-8(5-16)6-17-13(11)19/h1-4,6-7H. The summed E-state index contributed by atoms with van der Waals surface area (Å²) in [7, 11) is 0. The van der Waals surface area contributed by atoms with Crippen LogP contribution in [0.25, 0.3) is 16.9 Å². The maximum Gasteiger partial charge on any atom is 0.164 e. The Morgan fingerprint density at radius 3 is 2.58 bits per heavy atom. The fourth-order valence-electron chi connectivity index (χ4n) is 1.85. The largest absolute Gasteiger partial charge is 0.278 e. The number of para-hydroxylation sites is 1. The Bertz CT molecular complexity index is 797. The lowest BCUT2D eigenvalue weighted by atomic mass is 10.2. The normalized spacial score (nSPS) is 10.6. The van der Waals surface area contributed by atoms with Gasteiger partial charge in [-0.3, -0.25) is 4.57 Å². The summed E-state index contributed by atoms with van der Waals surface area (Å²) in [5.41, 5.74) is 0.804. The van der Waals surface area contributed by atoms with E-state index in [2.05, 4.69) is 9.97 Å². The molecule has 0 aliphatic heterocycles. The molecule has 2 aromatic heterocycles. The first kappa shape index (κ1) is 11.3.